The third-order valence-electron chi connectivity index (χ3n) is 1.62. The lowest BCUT2D eigenvalue weighted by atomic mass is 10.1. The first-order chi connectivity index (χ1) is 6.75. The van der Waals surface area contributed by atoms with E-state index in [1.807, 2.05) is 0 Å². The predicted molar refractivity (Wildman–Crippen MR) is 46.1 cm³/mol. The van der Waals surface area contributed by atoms with E-state index in [1.165, 1.54) is 0 Å². The molecule has 15 heavy (non-hydrogen) atoms. The van der Waals surface area contributed by atoms with Crippen molar-refractivity contribution < 1.29 is 27.5 Å². The summed E-state index contributed by atoms with van der Waals surface area (Å²) in [5, 5.41) is 8.44. The molecule has 0 aliphatic heterocycles. The fourth-order valence-corrected chi connectivity index (χ4v) is 1.50. The Kier molecular flexibility index (Phi) is 3.03. The molecule has 1 aromatic carbocycles. The fraction of sp³-hybridized carbons (Fsp3) is 0.125. The Morgan fingerprint density at radius 1 is 1.33 bits per heavy atom. The summed E-state index contributed by atoms with van der Waals surface area (Å²) in [5.41, 5.74) is -2.06. The summed E-state index contributed by atoms with van der Waals surface area (Å²) in [7, 11) is 0. The van der Waals surface area contributed by atoms with Crippen LogP contribution in [0.15, 0.2) is 16.6 Å². The van der Waals surface area contributed by atoms with E-state index in [9.17, 15) is 22.4 Å². The summed E-state index contributed by atoms with van der Waals surface area (Å²) in [6.07, 6.45) is -4.73. The van der Waals surface area contributed by atoms with Gasteiger partial charge in [-0.3, -0.25) is 0 Å². The molecule has 2 nitrogen and oxygen atoms in total. The first-order valence-electron chi connectivity index (χ1n) is 3.53. The number of carboxylic acid groups (broad SMARTS) is 1. The summed E-state index contributed by atoms with van der Waals surface area (Å²) < 4.78 is 48.9. The zero-order chi connectivity index (χ0) is 11.8. The van der Waals surface area contributed by atoms with Crippen molar-refractivity contribution in [1.29, 1.82) is 0 Å². The fourth-order valence-electron chi connectivity index (χ4n) is 0.934. The molecule has 0 spiro atoms. The van der Waals surface area contributed by atoms with Crippen molar-refractivity contribution in [3.63, 3.8) is 0 Å². The number of carboxylic acids is 1. The van der Waals surface area contributed by atoms with Crippen LogP contribution in [0, 0.1) is 5.82 Å². The van der Waals surface area contributed by atoms with Gasteiger partial charge in [0.15, 0.2) is 5.82 Å². The number of hydrogen-bond donors (Lipinski definition) is 1. The van der Waals surface area contributed by atoms with Gasteiger partial charge < -0.3 is 5.11 Å². The van der Waals surface area contributed by atoms with E-state index >= 15 is 0 Å². The smallest absolute Gasteiger partial charge is 0.417 e. The van der Waals surface area contributed by atoms with E-state index in [2.05, 4.69) is 15.9 Å². The summed E-state index contributed by atoms with van der Waals surface area (Å²) in [6.45, 7) is 0. The van der Waals surface area contributed by atoms with E-state index in [0.29, 0.717) is 12.1 Å². The van der Waals surface area contributed by atoms with Crippen molar-refractivity contribution in [2.45, 2.75) is 6.18 Å². The molecule has 1 N–H and O–H groups in total. The summed E-state index contributed by atoms with van der Waals surface area (Å²) in [4.78, 5) is 10.4. The molecule has 7 heteroatoms. The number of aromatic carboxylic acids is 1. The molecular formula is C8H3BrF4O2. The summed E-state index contributed by atoms with van der Waals surface area (Å²) in [6, 6.07) is 1.09. The highest BCUT2D eigenvalue weighted by Gasteiger charge is 2.35. The Balaban J connectivity index is 3.41. The van der Waals surface area contributed by atoms with Crippen molar-refractivity contribution in [2.24, 2.45) is 0 Å². The molecule has 0 unspecified atom stereocenters. The minimum absolute atomic E-state index is 0.511. The molecule has 0 fully saturated rings. The molecule has 0 aliphatic carbocycles. The second-order valence-electron chi connectivity index (χ2n) is 2.59. The molecular weight excluding hydrogens is 284 g/mol. The van der Waals surface area contributed by atoms with Gasteiger partial charge >= 0.3 is 12.1 Å². The van der Waals surface area contributed by atoms with Gasteiger partial charge in [0.2, 0.25) is 0 Å². The van der Waals surface area contributed by atoms with Crippen LogP contribution in [0.25, 0.3) is 0 Å². The van der Waals surface area contributed by atoms with E-state index in [0.717, 1.165) is 0 Å². The number of halogens is 5. The molecule has 0 radical (unpaired) electrons. The number of carbonyl (C=O) groups is 1. The summed E-state index contributed by atoms with van der Waals surface area (Å²) >= 11 is 2.38. The van der Waals surface area contributed by atoms with Crippen LogP contribution in [0.1, 0.15) is 15.9 Å². The van der Waals surface area contributed by atoms with E-state index in [-0.39, 0.29) is 0 Å². The molecule has 1 rings (SSSR count). The van der Waals surface area contributed by atoms with Crippen LogP contribution in [0.3, 0.4) is 0 Å². The predicted octanol–water partition coefficient (Wildman–Crippen LogP) is 3.31. The van der Waals surface area contributed by atoms with E-state index in [1.54, 1.807) is 0 Å². The first kappa shape index (κ1) is 12.0. The quantitative estimate of drug-likeness (QED) is 0.805. The van der Waals surface area contributed by atoms with Crippen LogP contribution in [-0.4, -0.2) is 11.1 Å². The van der Waals surface area contributed by atoms with Crippen molar-refractivity contribution in [3.05, 3.63) is 33.5 Å². The molecule has 0 heterocycles. The number of alkyl halides is 3. The molecule has 0 bridgehead atoms. The average Bonchev–Trinajstić information content (AvgIpc) is 2.06. The second-order valence-corrected chi connectivity index (χ2v) is 3.38. The van der Waals surface area contributed by atoms with Crippen LogP contribution >= 0.6 is 15.9 Å². The summed E-state index contributed by atoms with van der Waals surface area (Å²) in [5.74, 6) is -3.06. The second kappa shape index (κ2) is 3.80. The van der Waals surface area contributed by atoms with E-state index in [4.69, 9.17) is 5.11 Å². The zero-order valence-electron chi connectivity index (χ0n) is 6.90. The molecule has 0 atom stereocenters. The molecule has 0 aromatic heterocycles. The van der Waals surface area contributed by atoms with Crippen LogP contribution in [0.4, 0.5) is 17.6 Å². The SMILES string of the molecule is O=C(O)c1ccc(C(F)(F)F)c(Br)c1F. The van der Waals surface area contributed by atoms with Crippen LogP contribution < -0.4 is 0 Å². The van der Waals surface area contributed by atoms with Gasteiger partial charge in [-0.2, -0.15) is 13.2 Å². The third-order valence-corrected chi connectivity index (χ3v) is 2.39. The highest BCUT2D eigenvalue weighted by molar-refractivity contribution is 9.10. The molecule has 82 valence electrons. The molecule has 0 aliphatic rings. The Labute approximate surface area is 89.6 Å². The molecule has 0 saturated carbocycles. The van der Waals surface area contributed by atoms with Crippen molar-refractivity contribution in [1.82, 2.24) is 0 Å². The standard InChI is InChI=1S/C8H3BrF4O2/c9-5-4(8(11,12)13)2-1-3(6(5)10)7(14)15/h1-2H,(H,14,15). The van der Waals surface area contributed by atoms with Crippen LogP contribution in [0.2, 0.25) is 0 Å². The van der Waals surface area contributed by atoms with Gasteiger partial charge in [-0.15, -0.1) is 0 Å². The normalized spacial score (nSPS) is 11.5. The van der Waals surface area contributed by atoms with Gasteiger partial charge in [0.1, 0.15) is 0 Å². The van der Waals surface area contributed by atoms with Crippen molar-refractivity contribution in [2.75, 3.05) is 0 Å². The Bertz CT molecular complexity index is 414. The van der Waals surface area contributed by atoms with Crippen LogP contribution in [-0.2, 0) is 6.18 Å². The topological polar surface area (TPSA) is 37.3 Å². The van der Waals surface area contributed by atoms with Gasteiger partial charge in [0, 0.05) is 0 Å². The minimum atomic E-state index is -4.73. The Morgan fingerprint density at radius 3 is 2.27 bits per heavy atom. The highest BCUT2D eigenvalue weighted by atomic mass is 79.9. The molecule has 0 saturated heterocycles. The lowest BCUT2D eigenvalue weighted by Crippen LogP contribution is -2.10. The first-order valence-corrected chi connectivity index (χ1v) is 4.33. The highest BCUT2D eigenvalue weighted by Crippen LogP contribution is 2.36. The average molecular weight is 287 g/mol. The molecule has 0 amide bonds. The lowest BCUT2D eigenvalue weighted by molar-refractivity contribution is -0.138. The maximum absolute atomic E-state index is 13.1. The van der Waals surface area contributed by atoms with Gasteiger partial charge in [-0.25, -0.2) is 9.18 Å². The maximum atomic E-state index is 13.1. The van der Waals surface area contributed by atoms with Gasteiger partial charge in [-0.05, 0) is 28.1 Å². The van der Waals surface area contributed by atoms with Gasteiger partial charge in [-0.1, -0.05) is 0 Å². The van der Waals surface area contributed by atoms with Crippen LogP contribution in [0.5, 0.6) is 0 Å². The van der Waals surface area contributed by atoms with E-state index < -0.39 is 33.6 Å². The van der Waals surface area contributed by atoms with Gasteiger partial charge in [0.05, 0.1) is 15.6 Å². The van der Waals surface area contributed by atoms with Crippen molar-refractivity contribution in [3.8, 4) is 0 Å². The monoisotopic (exact) mass is 286 g/mol. The number of rotatable bonds is 1. The van der Waals surface area contributed by atoms with Crippen molar-refractivity contribution >= 4 is 21.9 Å². The maximum Gasteiger partial charge on any atom is 0.417 e. The Hall–Kier alpha value is -1.11. The largest absolute Gasteiger partial charge is 0.478 e. The zero-order valence-corrected chi connectivity index (χ0v) is 8.49. The molecule has 1 aromatic rings. The number of hydrogen-bond acceptors (Lipinski definition) is 1. The Morgan fingerprint density at radius 2 is 1.87 bits per heavy atom. The minimum Gasteiger partial charge on any atom is -0.478 e. The third kappa shape index (κ3) is 2.28. The lowest BCUT2D eigenvalue weighted by Gasteiger charge is -2.10. The van der Waals surface area contributed by atoms with Gasteiger partial charge in [0.25, 0.3) is 0 Å². The number of benzene rings is 1.